The van der Waals surface area contributed by atoms with Crippen LogP contribution in [-0.2, 0) is 9.53 Å². The van der Waals surface area contributed by atoms with Crippen molar-refractivity contribution in [2.24, 2.45) is 40.4 Å². The summed E-state index contributed by atoms with van der Waals surface area (Å²) in [6, 6.07) is 0. The van der Waals surface area contributed by atoms with Gasteiger partial charge >= 0.3 is 5.97 Å². The average molecular weight is 473 g/mol. The number of hydrogen-bond donors (Lipinski definition) is 2. The van der Waals surface area contributed by atoms with E-state index < -0.39 is 17.7 Å². The van der Waals surface area contributed by atoms with Crippen molar-refractivity contribution in [2.75, 3.05) is 0 Å². The van der Waals surface area contributed by atoms with Gasteiger partial charge in [0.25, 0.3) is 0 Å². The zero-order valence-electron chi connectivity index (χ0n) is 22.2. The highest BCUT2D eigenvalue weighted by Crippen LogP contribution is 2.67. The monoisotopic (exact) mass is 472 g/mol. The van der Waals surface area contributed by atoms with E-state index in [1.54, 1.807) is 0 Å². The molecular weight excluding hydrogens is 424 g/mol. The van der Waals surface area contributed by atoms with Crippen LogP contribution in [0.4, 0.5) is 0 Å². The van der Waals surface area contributed by atoms with Crippen LogP contribution in [0, 0.1) is 40.4 Å². The molecule has 0 spiro atoms. The van der Waals surface area contributed by atoms with E-state index in [1.807, 2.05) is 13.8 Å². The lowest BCUT2D eigenvalue weighted by molar-refractivity contribution is -0.151. The first-order valence-electron chi connectivity index (χ1n) is 13.8. The average Bonchev–Trinajstić information content (AvgIpc) is 3.11. The predicted molar refractivity (Wildman–Crippen MR) is 136 cm³/mol. The molecule has 0 aromatic carbocycles. The summed E-state index contributed by atoms with van der Waals surface area (Å²) in [6.45, 7) is 14.7. The van der Waals surface area contributed by atoms with Crippen molar-refractivity contribution in [3.05, 3.63) is 24.3 Å². The fourth-order valence-corrected chi connectivity index (χ4v) is 9.02. The zero-order valence-corrected chi connectivity index (χ0v) is 22.2. The van der Waals surface area contributed by atoms with Gasteiger partial charge in [-0.15, -0.1) is 0 Å². The van der Waals surface area contributed by atoms with Gasteiger partial charge in [-0.05, 0) is 87.4 Å². The van der Waals surface area contributed by atoms with E-state index in [0.717, 1.165) is 37.5 Å². The first-order chi connectivity index (χ1) is 15.9. The molecule has 3 saturated carbocycles. The number of ether oxygens (including phenoxy) is 1. The van der Waals surface area contributed by atoms with Crippen molar-refractivity contribution < 1.29 is 19.7 Å². The Morgan fingerprint density at radius 2 is 2.03 bits per heavy atom. The number of carbonyl (C=O) groups excluding carboxylic acids is 1. The second kappa shape index (κ2) is 9.39. The summed E-state index contributed by atoms with van der Waals surface area (Å²) in [4.78, 5) is 11.8. The smallest absolute Gasteiger partial charge is 0.330 e. The lowest BCUT2D eigenvalue weighted by Crippen LogP contribution is -2.56. The van der Waals surface area contributed by atoms with Gasteiger partial charge in [0, 0.05) is 24.3 Å². The number of allylic oxidation sites excluding steroid dienone is 1. The number of aliphatic hydroxyl groups is 2. The Bertz CT molecular complexity index is 809. The molecule has 0 aromatic heterocycles. The molecule has 34 heavy (non-hydrogen) atoms. The SMILES string of the molecule is C=CC(=O)OC1CC2=CC[C@H]3[C@@H]4CC[C@H]([C@H](C)CCCC(C)(C)O)[C@@]4(C)CC[C@@H]3[C@@]2(C)[C@@H](O)C1. The Hall–Kier alpha value is -1.13. The second-order valence-corrected chi connectivity index (χ2v) is 13.3. The lowest BCUT2D eigenvalue weighted by Gasteiger charge is -2.59. The van der Waals surface area contributed by atoms with Crippen LogP contribution < -0.4 is 0 Å². The lowest BCUT2D eigenvalue weighted by atomic mass is 9.46. The Morgan fingerprint density at radius 1 is 1.29 bits per heavy atom. The number of carbonyl (C=O) groups is 1. The van der Waals surface area contributed by atoms with Crippen molar-refractivity contribution in [3.63, 3.8) is 0 Å². The standard InChI is InChI=1S/C30H48O4/c1-7-27(32)34-21-17-20-10-11-22-24-13-12-23(19(2)9-8-15-28(3,4)33)29(24,5)16-14-25(22)30(20,6)26(31)18-21/h7,10,19,21-26,31,33H,1,8-9,11-18H2,2-6H3/t19-,21?,22+,23-,24+,25+,26+,29-,30+/m1/s1. The number of esters is 1. The van der Waals surface area contributed by atoms with Crippen molar-refractivity contribution in [1.29, 1.82) is 0 Å². The first-order valence-corrected chi connectivity index (χ1v) is 13.8. The van der Waals surface area contributed by atoms with Gasteiger partial charge in [0.2, 0.25) is 0 Å². The fraction of sp³-hybridized carbons (Fsp3) is 0.833. The summed E-state index contributed by atoms with van der Waals surface area (Å²) in [7, 11) is 0. The van der Waals surface area contributed by atoms with E-state index in [1.165, 1.54) is 43.8 Å². The van der Waals surface area contributed by atoms with Crippen molar-refractivity contribution in [1.82, 2.24) is 0 Å². The minimum Gasteiger partial charge on any atom is -0.459 e. The molecule has 4 nitrogen and oxygen atoms in total. The Balaban J connectivity index is 1.48. The van der Waals surface area contributed by atoms with E-state index >= 15 is 0 Å². The van der Waals surface area contributed by atoms with Crippen molar-refractivity contribution >= 4 is 5.97 Å². The largest absolute Gasteiger partial charge is 0.459 e. The summed E-state index contributed by atoms with van der Waals surface area (Å²) >= 11 is 0. The number of hydrogen-bond acceptors (Lipinski definition) is 4. The minimum absolute atomic E-state index is 0.197. The van der Waals surface area contributed by atoms with Gasteiger partial charge in [-0.2, -0.15) is 0 Å². The molecule has 9 atom stereocenters. The summed E-state index contributed by atoms with van der Waals surface area (Å²) < 4.78 is 5.55. The number of rotatable bonds is 7. The third-order valence-electron chi connectivity index (χ3n) is 10.8. The molecule has 4 aliphatic carbocycles. The van der Waals surface area contributed by atoms with Gasteiger partial charge in [0.15, 0.2) is 0 Å². The number of fused-ring (bicyclic) bond motifs is 5. The highest BCUT2D eigenvalue weighted by molar-refractivity contribution is 5.81. The van der Waals surface area contributed by atoms with E-state index in [-0.39, 0.29) is 11.5 Å². The van der Waals surface area contributed by atoms with Crippen LogP contribution >= 0.6 is 0 Å². The third-order valence-corrected chi connectivity index (χ3v) is 10.8. The molecule has 4 rings (SSSR count). The molecule has 1 unspecified atom stereocenters. The summed E-state index contributed by atoms with van der Waals surface area (Å²) in [6.07, 6.45) is 13.5. The van der Waals surface area contributed by atoms with Gasteiger partial charge < -0.3 is 14.9 Å². The molecule has 0 saturated heterocycles. The topological polar surface area (TPSA) is 66.8 Å². The molecule has 0 amide bonds. The van der Waals surface area contributed by atoms with Crippen LogP contribution in [0.15, 0.2) is 24.3 Å². The zero-order chi connectivity index (χ0) is 24.9. The molecule has 0 aliphatic heterocycles. The maximum atomic E-state index is 11.8. The van der Waals surface area contributed by atoms with Crippen molar-refractivity contribution in [3.8, 4) is 0 Å². The van der Waals surface area contributed by atoms with Gasteiger partial charge in [-0.25, -0.2) is 4.79 Å². The Morgan fingerprint density at radius 3 is 2.71 bits per heavy atom. The Labute approximate surface area is 207 Å². The van der Waals surface area contributed by atoms with Gasteiger partial charge in [-0.3, -0.25) is 0 Å². The summed E-state index contributed by atoms with van der Waals surface area (Å²) in [5, 5.41) is 21.5. The van der Waals surface area contributed by atoms with E-state index in [4.69, 9.17) is 4.74 Å². The van der Waals surface area contributed by atoms with Crippen LogP contribution in [0.5, 0.6) is 0 Å². The Kier molecular flexibility index (Phi) is 7.17. The number of aliphatic hydroxyl groups excluding tert-OH is 1. The molecule has 2 N–H and O–H groups in total. The van der Waals surface area contributed by atoms with Crippen LogP contribution in [0.2, 0.25) is 0 Å². The van der Waals surface area contributed by atoms with Gasteiger partial charge in [0.05, 0.1) is 11.7 Å². The summed E-state index contributed by atoms with van der Waals surface area (Å²) in [5.41, 5.74) is 0.939. The quantitative estimate of drug-likeness (QED) is 0.263. The molecule has 0 radical (unpaired) electrons. The predicted octanol–water partition coefficient (Wildman–Crippen LogP) is 6.21. The summed E-state index contributed by atoms with van der Waals surface area (Å²) in [5.74, 6) is 2.95. The van der Waals surface area contributed by atoms with Crippen molar-refractivity contribution in [2.45, 2.75) is 117 Å². The molecule has 0 bridgehead atoms. The first kappa shape index (κ1) is 25.9. The van der Waals surface area contributed by atoms with Crippen LogP contribution in [0.3, 0.4) is 0 Å². The van der Waals surface area contributed by atoms with E-state index in [9.17, 15) is 15.0 Å². The highest BCUT2D eigenvalue weighted by Gasteiger charge is 2.61. The molecule has 0 aromatic rings. The molecule has 192 valence electrons. The molecule has 3 fully saturated rings. The third kappa shape index (κ3) is 4.54. The maximum Gasteiger partial charge on any atom is 0.330 e. The van der Waals surface area contributed by atoms with E-state index in [0.29, 0.717) is 29.6 Å². The molecule has 4 aliphatic rings. The van der Waals surface area contributed by atoms with Crippen LogP contribution in [-0.4, -0.2) is 34.0 Å². The van der Waals surface area contributed by atoms with E-state index in [2.05, 4.69) is 33.4 Å². The molecule has 0 heterocycles. The molecule has 4 heteroatoms. The van der Waals surface area contributed by atoms with Crippen LogP contribution in [0.25, 0.3) is 0 Å². The van der Waals surface area contributed by atoms with Crippen LogP contribution in [0.1, 0.15) is 98.8 Å². The maximum absolute atomic E-state index is 11.8. The normalized spacial score (nSPS) is 42.6. The minimum atomic E-state index is -0.564. The van der Waals surface area contributed by atoms with Gasteiger partial charge in [0.1, 0.15) is 6.10 Å². The fourth-order valence-electron chi connectivity index (χ4n) is 9.02. The molecular formula is C30H48O4. The highest BCUT2D eigenvalue weighted by atomic mass is 16.5. The second-order valence-electron chi connectivity index (χ2n) is 13.3. The van der Waals surface area contributed by atoms with Gasteiger partial charge in [-0.1, -0.05) is 51.8 Å².